The predicted octanol–water partition coefficient (Wildman–Crippen LogP) is 1.61. The zero-order valence-corrected chi connectivity index (χ0v) is 14.3. The van der Waals surface area contributed by atoms with Crippen molar-refractivity contribution >= 4 is 18.0 Å². The highest BCUT2D eigenvalue weighted by Crippen LogP contribution is 2.09. The van der Waals surface area contributed by atoms with Crippen molar-refractivity contribution in [3.63, 3.8) is 0 Å². The Balaban J connectivity index is 4.26. The summed E-state index contributed by atoms with van der Waals surface area (Å²) in [4.78, 5) is 34.9. The number of carbonyl (C=O) groups is 3. The number of methoxy groups -OCH3 is 1. The first kappa shape index (κ1) is 20.2. The number of carbonyl (C=O) groups excluding carboxylic acids is 3. The van der Waals surface area contributed by atoms with Gasteiger partial charge in [-0.05, 0) is 26.7 Å². The summed E-state index contributed by atoms with van der Waals surface area (Å²) >= 11 is 0. The minimum atomic E-state index is -0.677. The molecule has 0 fully saturated rings. The molecule has 0 aromatic heterocycles. The van der Waals surface area contributed by atoms with Gasteiger partial charge in [0.25, 0.3) is 0 Å². The van der Waals surface area contributed by atoms with Gasteiger partial charge in [-0.3, -0.25) is 4.79 Å². The number of hydrogen-bond acceptors (Lipinski definition) is 5. The van der Waals surface area contributed by atoms with Crippen LogP contribution in [0.4, 0.5) is 4.79 Å². The van der Waals surface area contributed by atoms with Crippen LogP contribution in [0.25, 0.3) is 0 Å². The van der Waals surface area contributed by atoms with Crippen molar-refractivity contribution in [2.45, 2.75) is 59.1 Å². The Morgan fingerprint density at radius 1 is 1.18 bits per heavy atom. The normalized spacial score (nSPS) is 13.7. The van der Waals surface area contributed by atoms with Gasteiger partial charge in [-0.25, -0.2) is 9.59 Å². The molecule has 0 heterocycles. The number of nitrogens with one attached hydrogen (secondary N) is 2. The maximum absolute atomic E-state index is 11.8. The largest absolute Gasteiger partial charge is 0.467 e. The minimum absolute atomic E-state index is 0.0322. The first-order chi connectivity index (χ1) is 10.1. The molecule has 0 rings (SSSR count). The first-order valence-corrected chi connectivity index (χ1v) is 7.44. The van der Waals surface area contributed by atoms with Gasteiger partial charge in [0.2, 0.25) is 5.91 Å². The van der Waals surface area contributed by atoms with Crippen LogP contribution in [0.15, 0.2) is 0 Å². The van der Waals surface area contributed by atoms with Gasteiger partial charge in [0.1, 0.15) is 11.6 Å². The van der Waals surface area contributed by atoms with Crippen LogP contribution in [0.2, 0.25) is 0 Å². The van der Waals surface area contributed by atoms with Gasteiger partial charge < -0.3 is 20.1 Å². The van der Waals surface area contributed by atoms with Crippen molar-refractivity contribution in [1.29, 1.82) is 0 Å². The summed E-state index contributed by atoms with van der Waals surface area (Å²) < 4.78 is 9.75. The standard InChI is InChI=1S/C15H28N2O5/c1-7-10(2)12(13(19)21-6)17-11(18)8-9-16-14(20)22-15(3,4)5/h10,12H,7-9H2,1-6H3,(H,16,20)(H,17,18). The van der Waals surface area contributed by atoms with Crippen molar-refractivity contribution in [3.05, 3.63) is 0 Å². The van der Waals surface area contributed by atoms with E-state index in [1.54, 1.807) is 20.8 Å². The second-order valence-corrected chi connectivity index (χ2v) is 6.13. The molecule has 0 aliphatic carbocycles. The van der Waals surface area contributed by atoms with Crippen LogP contribution in [-0.4, -0.2) is 43.3 Å². The third-order valence-corrected chi connectivity index (χ3v) is 3.00. The Bertz CT molecular complexity index is 390. The lowest BCUT2D eigenvalue weighted by Gasteiger charge is -2.22. The van der Waals surface area contributed by atoms with E-state index in [0.717, 1.165) is 6.42 Å². The van der Waals surface area contributed by atoms with E-state index in [-0.39, 0.29) is 24.8 Å². The topological polar surface area (TPSA) is 93.7 Å². The molecule has 0 saturated heterocycles. The zero-order chi connectivity index (χ0) is 17.3. The smallest absolute Gasteiger partial charge is 0.407 e. The summed E-state index contributed by atoms with van der Waals surface area (Å²) in [5, 5.41) is 5.13. The maximum Gasteiger partial charge on any atom is 0.407 e. The van der Waals surface area contributed by atoms with Crippen LogP contribution < -0.4 is 10.6 Å². The number of hydrogen-bond donors (Lipinski definition) is 2. The average Bonchev–Trinajstić information content (AvgIpc) is 2.41. The van der Waals surface area contributed by atoms with Gasteiger partial charge in [0.15, 0.2) is 0 Å². The van der Waals surface area contributed by atoms with E-state index in [1.807, 2.05) is 13.8 Å². The predicted molar refractivity (Wildman–Crippen MR) is 82.3 cm³/mol. The highest BCUT2D eigenvalue weighted by atomic mass is 16.6. The minimum Gasteiger partial charge on any atom is -0.467 e. The van der Waals surface area contributed by atoms with Gasteiger partial charge in [0, 0.05) is 13.0 Å². The quantitative estimate of drug-likeness (QED) is 0.696. The van der Waals surface area contributed by atoms with Crippen LogP contribution in [-0.2, 0) is 19.1 Å². The molecule has 0 radical (unpaired) electrons. The lowest BCUT2D eigenvalue weighted by Crippen LogP contribution is -2.46. The molecular formula is C15H28N2O5. The summed E-state index contributed by atoms with van der Waals surface area (Å²) in [7, 11) is 1.29. The van der Waals surface area contributed by atoms with Gasteiger partial charge in [-0.15, -0.1) is 0 Å². The van der Waals surface area contributed by atoms with E-state index < -0.39 is 23.7 Å². The second-order valence-electron chi connectivity index (χ2n) is 6.13. The molecule has 0 saturated carbocycles. The van der Waals surface area contributed by atoms with E-state index in [2.05, 4.69) is 10.6 Å². The van der Waals surface area contributed by atoms with Crippen molar-refractivity contribution in [2.75, 3.05) is 13.7 Å². The fourth-order valence-corrected chi connectivity index (χ4v) is 1.63. The molecule has 22 heavy (non-hydrogen) atoms. The number of alkyl carbamates (subject to hydrolysis) is 1. The van der Waals surface area contributed by atoms with Crippen LogP contribution in [0.3, 0.4) is 0 Å². The highest BCUT2D eigenvalue weighted by molar-refractivity contribution is 5.84. The third kappa shape index (κ3) is 8.49. The Kier molecular flexibility index (Phi) is 8.52. The molecule has 2 atom stereocenters. The van der Waals surface area contributed by atoms with Crippen LogP contribution in [0.1, 0.15) is 47.5 Å². The first-order valence-electron chi connectivity index (χ1n) is 7.44. The van der Waals surface area contributed by atoms with Gasteiger partial charge in [0.05, 0.1) is 7.11 Å². The van der Waals surface area contributed by atoms with Gasteiger partial charge >= 0.3 is 12.1 Å². The van der Waals surface area contributed by atoms with Crippen LogP contribution >= 0.6 is 0 Å². The van der Waals surface area contributed by atoms with Crippen molar-refractivity contribution in [3.8, 4) is 0 Å². The third-order valence-electron chi connectivity index (χ3n) is 3.00. The summed E-state index contributed by atoms with van der Waals surface area (Å²) in [5.74, 6) is -0.829. The zero-order valence-electron chi connectivity index (χ0n) is 14.3. The fraction of sp³-hybridized carbons (Fsp3) is 0.800. The molecule has 0 aliphatic rings. The van der Waals surface area contributed by atoms with Gasteiger partial charge in [-0.2, -0.15) is 0 Å². The Labute approximate surface area is 132 Å². The molecule has 0 aliphatic heterocycles. The Hall–Kier alpha value is -1.79. The molecule has 2 unspecified atom stereocenters. The molecule has 7 heteroatoms. The molecule has 0 aromatic carbocycles. The van der Waals surface area contributed by atoms with E-state index in [4.69, 9.17) is 9.47 Å². The fourth-order valence-electron chi connectivity index (χ4n) is 1.63. The lowest BCUT2D eigenvalue weighted by molar-refractivity contribution is -0.146. The molecule has 0 bridgehead atoms. The van der Waals surface area contributed by atoms with Crippen molar-refractivity contribution < 1.29 is 23.9 Å². The molecular weight excluding hydrogens is 288 g/mol. The second kappa shape index (κ2) is 9.27. The number of esters is 1. The molecule has 2 N–H and O–H groups in total. The monoisotopic (exact) mass is 316 g/mol. The van der Waals surface area contributed by atoms with E-state index in [9.17, 15) is 14.4 Å². The highest BCUT2D eigenvalue weighted by Gasteiger charge is 2.26. The van der Waals surface area contributed by atoms with E-state index in [0.29, 0.717) is 0 Å². The molecule has 7 nitrogen and oxygen atoms in total. The Morgan fingerprint density at radius 2 is 1.77 bits per heavy atom. The number of amides is 2. The summed E-state index contributed by atoms with van der Waals surface area (Å²) in [5.41, 5.74) is -0.584. The molecule has 128 valence electrons. The van der Waals surface area contributed by atoms with Crippen molar-refractivity contribution in [1.82, 2.24) is 10.6 Å². The van der Waals surface area contributed by atoms with E-state index >= 15 is 0 Å². The summed E-state index contributed by atoms with van der Waals surface area (Å²) in [6, 6.07) is -0.677. The number of rotatable bonds is 7. The van der Waals surface area contributed by atoms with Gasteiger partial charge in [-0.1, -0.05) is 20.3 Å². The van der Waals surface area contributed by atoms with Crippen LogP contribution in [0.5, 0.6) is 0 Å². The van der Waals surface area contributed by atoms with Crippen LogP contribution in [0, 0.1) is 5.92 Å². The van der Waals surface area contributed by atoms with Crippen molar-refractivity contribution in [2.24, 2.45) is 5.92 Å². The maximum atomic E-state index is 11.8. The number of ether oxygens (including phenoxy) is 2. The lowest BCUT2D eigenvalue weighted by atomic mass is 9.99. The SMILES string of the molecule is CCC(C)C(NC(=O)CCNC(=O)OC(C)(C)C)C(=O)OC. The average molecular weight is 316 g/mol. The summed E-state index contributed by atoms with van der Waals surface area (Å²) in [6.45, 7) is 9.19. The molecule has 0 spiro atoms. The molecule has 0 aromatic rings. The van der Waals surface area contributed by atoms with E-state index in [1.165, 1.54) is 7.11 Å². The Morgan fingerprint density at radius 3 is 2.23 bits per heavy atom. The molecule has 2 amide bonds. The summed E-state index contributed by atoms with van der Waals surface area (Å²) in [6.07, 6.45) is 0.214.